The summed E-state index contributed by atoms with van der Waals surface area (Å²) in [7, 11) is 0. The fourth-order valence-corrected chi connectivity index (χ4v) is 3.90. The number of phenols is 1. The average molecular weight is 303 g/mol. The molecule has 4 heteroatoms. The number of aromatic hydroxyl groups is 1. The van der Waals surface area contributed by atoms with Crippen molar-refractivity contribution in [3.63, 3.8) is 0 Å². The highest BCUT2D eigenvalue weighted by molar-refractivity contribution is 5.98. The third-order valence-electron chi connectivity index (χ3n) is 5.30. The van der Waals surface area contributed by atoms with Crippen LogP contribution in [-0.4, -0.2) is 33.7 Å². The molecule has 1 aromatic carbocycles. The van der Waals surface area contributed by atoms with E-state index in [-0.39, 0.29) is 17.8 Å². The van der Waals surface area contributed by atoms with Crippen molar-refractivity contribution >= 4 is 5.91 Å². The zero-order valence-corrected chi connectivity index (χ0v) is 13.2. The minimum atomic E-state index is -0.165. The van der Waals surface area contributed by atoms with Gasteiger partial charge < -0.3 is 15.1 Å². The summed E-state index contributed by atoms with van der Waals surface area (Å²) in [6.45, 7) is 3.49. The summed E-state index contributed by atoms with van der Waals surface area (Å²) < 4.78 is 0. The van der Waals surface area contributed by atoms with Crippen LogP contribution in [-0.2, 0) is 6.54 Å². The summed E-state index contributed by atoms with van der Waals surface area (Å²) in [6, 6.07) is 5.07. The zero-order chi connectivity index (χ0) is 15.7. The number of carbonyl (C=O) groups excluding carboxylic acids is 1. The molecule has 1 aromatic rings. The number of benzene rings is 1. The van der Waals surface area contributed by atoms with Gasteiger partial charge >= 0.3 is 0 Å². The third-order valence-corrected chi connectivity index (χ3v) is 5.30. The summed E-state index contributed by atoms with van der Waals surface area (Å²) in [5.41, 5.74) is 1.66. The van der Waals surface area contributed by atoms with Crippen molar-refractivity contribution in [3.8, 4) is 5.75 Å². The molecule has 1 aliphatic heterocycles. The van der Waals surface area contributed by atoms with Gasteiger partial charge in [-0.1, -0.05) is 13.0 Å². The van der Waals surface area contributed by atoms with Crippen LogP contribution in [0.2, 0.25) is 0 Å². The summed E-state index contributed by atoms with van der Waals surface area (Å²) in [4.78, 5) is 14.3. The number of rotatable bonds is 4. The van der Waals surface area contributed by atoms with Crippen molar-refractivity contribution in [2.24, 2.45) is 11.8 Å². The Labute approximate surface area is 131 Å². The van der Waals surface area contributed by atoms with Crippen LogP contribution in [0.5, 0.6) is 5.75 Å². The van der Waals surface area contributed by atoms with Crippen LogP contribution in [0.4, 0.5) is 0 Å². The average Bonchev–Trinajstić information content (AvgIpc) is 2.83. The molecule has 0 saturated heterocycles. The van der Waals surface area contributed by atoms with Crippen molar-refractivity contribution in [2.45, 2.75) is 51.7 Å². The molecule has 0 aromatic heterocycles. The molecule has 120 valence electrons. The van der Waals surface area contributed by atoms with Crippen molar-refractivity contribution in [1.82, 2.24) is 4.90 Å². The van der Waals surface area contributed by atoms with E-state index in [1.54, 1.807) is 12.1 Å². The molecular formula is C18H25NO3. The Hall–Kier alpha value is -1.55. The largest absolute Gasteiger partial charge is 0.508 e. The van der Waals surface area contributed by atoms with Crippen LogP contribution in [0.3, 0.4) is 0 Å². The van der Waals surface area contributed by atoms with E-state index in [0.29, 0.717) is 23.9 Å². The molecular weight excluding hydrogens is 278 g/mol. The second kappa shape index (κ2) is 6.29. The minimum Gasteiger partial charge on any atom is -0.508 e. The first-order chi connectivity index (χ1) is 10.6. The van der Waals surface area contributed by atoms with Crippen molar-refractivity contribution in [3.05, 3.63) is 29.3 Å². The Morgan fingerprint density at radius 3 is 2.68 bits per heavy atom. The van der Waals surface area contributed by atoms with Crippen LogP contribution < -0.4 is 0 Å². The molecule has 1 fully saturated rings. The molecule has 1 heterocycles. The number of phenolic OH excluding ortho intramolecular Hbond substituents is 1. The van der Waals surface area contributed by atoms with E-state index in [1.165, 1.54) is 0 Å². The predicted octanol–water partition coefficient (Wildman–Crippen LogP) is 2.93. The molecule has 1 atom stereocenters. The van der Waals surface area contributed by atoms with E-state index in [1.807, 2.05) is 17.9 Å². The van der Waals surface area contributed by atoms with E-state index < -0.39 is 0 Å². The first kappa shape index (κ1) is 15.3. The number of hydrogen-bond donors (Lipinski definition) is 2. The molecule has 3 rings (SSSR count). The number of amides is 1. The fraction of sp³-hybridized carbons (Fsp3) is 0.611. The van der Waals surface area contributed by atoms with E-state index in [4.69, 9.17) is 0 Å². The van der Waals surface area contributed by atoms with Crippen LogP contribution in [0.25, 0.3) is 0 Å². The molecule has 2 aliphatic rings. The molecule has 1 unspecified atom stereocenters. The normalized spacial score (nSPS) is 26.1. The quantitative estimate of drug-likeness (QED) is 0.899. The van der Waals surface area contributed by atoms with E-state index in [0.717, 1.165) is 44.2 Å². The van der Waals surface area contributed by atoms with E-state index >= 15 is 0 Å². The van der Waals surface area contributed by atoms with Gasteiger partial charge in [-0.15, -0.1) is 0 Å². The molecule has 0 radical (unpaired) electrons. The molecule has 0 spiro atoms. The third kappa shape index (κ3) is 2.98. The number of nitrogens with zero attached hydrogens (tertiary/aromatic N) is 1. The fourth-order valence-electron chi connectivity index (χ4n) is 3.90. The van der Waals surface area contributed by atoms with Gasteiger partial charge in [-0.3, -0.25) is 4.79 Å². The Kier molecular flexibility index (Phi) is 4.39. The molecule has 1 saturated carbocycles. The van der Waals surface area contributed by atoms with Crippen LogP contribution in [0.15, 0.2) is 18.2 Å². The highest BCUT2D eigenvalue weighted by atomic mass is 16.3. The highest BCUT2D eigenvalue weighted by Crippen LogP contribution is 2.34. The topological polar surface area (TPSA) is 60.8 Å². The number of fused-ring (bicyclic) bond motifs is 1. The second-order valence-electron chi connectivity index (χ2n) is 6.78. The van der Waals surface area contributed by atoms with Gasteiger partial charge in [0.2, 0.25) is 0 Å². The lowest BCUT2D eigenvalue weighted by Gasteiger charge is -2.33. The lowest BCUT2D eigenvalue weighted by Crippen LogP contribution is -2.33. The maximum absolute atomic E-state index is 12.4. The zero-order valence-electron chi connectivity index (χ0n) is 13.2. The van der Waals surface area contributed by atoms with Crippen LogP contribution in [0.1, 0.15) is 54.9 Å². The van der Waals surface area contributed by atoms with Gasteiger partial charge in [-0.2, -0.15) is 0 Å². The maximum atomic E-state index is 12.4. The van der Waals surface area contributed by atoms with E-state index in [2.05, 4.69) is 0 Å². The molecule has 22 heavy (non-hydrogen) atoms. The number of carbonyl (C=O) groups is 1. The maximum Gasteiger partial charge on any atom is 0.254 e. The lowest BCUT2D eigenvalue weighted by atomic mass is 9.78. The standard InChI is InChI=1S/C18H25NO3/c1-2-17(21)13-5-3-12(4-6-13)10-19-11-14-7-8-15(20)9-16(14)18(19)22/h7-9,12-13,17,20-21H,2-6,10-11H2,1H3. The van der Waals surface area contributed by atoms with Crippen LogP contribution >= 0.6 is 0 Å². The molecule has 0 bridgehead atoms. The van der Waals surface area contributed by atoms with E-state index in [9.17, 15) is 15.0 Å². The molecule has 1 aliphatic carbocycles. The second-order valence-corrected chi connectivity index (χ2v) is 6.78. The van der Waals surface area contributed by atoms with Gasteiger partial charge in [0, 0.05) is 18.7 Å². The minimum absolute atomic E-state index is 0.0432. The first-order valence-electron chi connectivity index (χ1n) is 8.37. The predicted molar refractivity (Wildman–Crippen MR) is 84.6 cm³/mol. The number of aliphatic hydroxyl groups is 1. The van der Waals surface area contributed by atoms with Gasteiger partial charge in [0.1, 0.15) is 5.75 Å². The van der Waals surface area contributed by atoms with Crippen LogP contribution in [0, 0.1) is 11.8 Å². The number of hydrogen-bond acceptors (Lipinski definition) is 3. The first-order valence-corrected chi connectivity index (χ1v) is 8.37. The van der Waals surface area contributed by atoms with Gasteiger partial charge in [0.15, 0.2) is 0 Å². The van der Waals surface area contributed by atoms with Crippen molar-refractivity contribution in [2.75, 3.05) is 6.54 Å². The molecule has 2 N–H and O–H groups in total. The van der Waals surface area contributed by atoms with Crippen molar-refractivity contribution in [1.29, 1.82) is 0 Å². The molecule has 4 nitrogen and oxygen atoms in total. The Balaban J connectivity index is 1.57. The molecule has 1 amide bonds. The lowest BCUT2D eigenvalue weighted by molar-refractivity contribution is 0.0576. The van der Waals surface area contributed by atoms with Gasteiger partial charge in [-0.05, 0) is 61.6 Å². The number of aliphatic hydroxyl groups excluding tert-OH is 1. The van der Waals surface area contributed by atoms with Crippen molar-refractivity contribution < 1.29 is 15.0 Å². The Bertz CT molecular complexity index is 549. The Morgan fingerprint density at radius 1 is 1.27 bits per heavy atom. The van der Waals surface area contributed by atoms with Gasteiger partial charge in [0.05, 0.1) is 6.10 Å². The highest BCUT2D eigenvalue weighted by Gasteiger charge is 2.32. The SMILES string of the molecule is CCC(O)C1CCC(CN2Cc3ccc(O)cc3C2=O)CC1. The van der Waals surface area contributed by atoms with Gasteiger partial charge in [-0.25, -0.2) is 0 Å². The monoisotopic (exact) mass is 303 g/mol. The summed E-state index contributed by atoms with van der Waals surface area (Å²) in [5.74, 6) is 1.17. The smallest absolute Gasteiger partial charge is 0.254 e. The van der Waals surface area contributed by atoms with Gasteiger partial charge in [0.25, 0.3) is 5.91 Å². The summed E-state index contributed by atoms with van der Waals surface area (Å²) in [6.07, 6.45) is 4.98. The summed E-state index contributed by atoms with van der Waals surface area (Å²) >= 11 is 0. The summed E-state index contributed by atoms with van der Waals surface area (Å²) in [5, 5.41) is 19.5. The Morgan fingerprint density at radius 2 is 2.00 bits per heavy atom.